The fraction of sp³-hybridized carbons (Fsp3) is 0.0714. The highest BCUT2D eigenvalue weighted by Crippen LogP contribution is 2.23. The second-order valence-electron chi connectivity index (χ2n) is 3.87. The molecule has 2 aromatic carbocycles. The number of rotatable bonds is 3. The number of thiocarbonyl (C=S) groups is 1. The number of halogens is 2. The summed E-state index contributed by atoms with van der Waals surface area (Å²) >= 11 is 17.4. The average molecular weight is 311 g/mol. The number of hydrogen-bond acceptors (Lipinski definition) is 1. The molecule has 19 heavy (non-hydrogen) atoms. The van der Waals surface area contributed by atoms with E-state index in [9.17, 15) is 0 Å². The van der Waals surface area contributed by atoms with Crippen LogP contribution in [-0.2, 0) is 6.54 Å². The van der Waals surface area contributed by atoms with Crippen molar-refractivity contribution in [3.05, 3.63) is 64.1 Å². The summed E-state index contributed by atoms with van der Waals surface area (Å²) in [5.41, 5.74) is 1.77. The highest BCUT2D eigenvalue weighted by Gasteiger charge is 2.05. The van der Waals surface area contributed by atoms with Gasteiger partial charge in [0, 0.05) is 27.8 Å². The van der Waals surface area contributed by atoms with Gasteiger partial charge in [0.05, 0.1) is 0 Å². The predicted octanol–water partition coefficient (Wildman–Crippen LogP) is 4.48. The molecule has 0 saturated carbocycles. The third-order valence-corrected chi connectivity index (χ3v) is 3.47. The Bertz CT molecular complexity index is 553. The average Bonchev–Trinajstić information content (AvgIpc) is 2.39. The van der Waals surface area contributed by atoms with Crippen LogP contribution in [0.1, 0.15) is 5.56 Å². The molecule has 2 aromatic rings. The van der Waals surface area contributed by atoms with E-state index in [0.29, 0.717) is 21.7 Å². The van der Waals surface area contributed by atoms with Crippen LogP contribution in [0.2, 0.25) is 10.0 Å². The molecule has 0 radical (unpaired) electrons. The molecule has 0 aromatic heterocycles. The third-order valence-electron chi connectivity index (χ3n) is 2.52. The van der Waals surface area contributed by atoms with E-state index in [0.717, 1.165) is 11.3 Å². The van der Waals surface area contributed by atoms with Crippen LogP contribution in [0.15, 0.2) is 48.5 Å². The molecule has 0 saturated heterocycles. The van der Waals surface area contributed by atoms with Crippen molar-refractivity contribution in [2.75, 3.05) is 5.32 Å². The van der Waals surface area contributed by atoms with Crippen molar-refractivity contribution in [2.45, 2.75) is 6.54 Å². The standard InChI is InChI=1S/C14H12Cl2N2S/c15-12-7-4-8-13(16)11(12)9-17-14(19)18-10-5-2-1-3-6-10/h1-8H,9H2,(H2,17,18,19). The second kappa shape index (κ2) is 6.75. The van der Waals surface area contributed by atoms with Crippen molar-refractivity contribution >= 4 is 46.2 Å². The van der Waals surface area contributed by atoms with Gasteiger partial charge < -0.3 is 10.6 Å². The van der Waals surface area contributed by atoms with Crippen LogP contribution in [0.25, 0.3) is 0 Å². The molecule has 0 amide bonds. The van der Waals surface area contributed by atoms with Gasteiger partial charge in [0.1, 0.15) is 0 Å². The molecule has 0 aliphatic heterocycles. The van der Waals surface area contributed by atoms with Crippen LogP contribution in [0.4, 0.5) is 5.69 Å². The number of para-hydroxylation sites is 1. The van der Waals surface area contributed by atoms with Crippen LogP contribution in [0, 0.1) is 0 Å². The molecule has 0 aliphatic carbocycles. The molecule has 0 bridgehead atoms. The van der Waals surface area contributed by atoms with E-state index in [4.69, 9.17) is 35.4 Å². The first-order valence-electron chi connectivity index (χ1n) is 5.69. The number of anilines is 1. The van der Waals surface area contributed by atoms with Gasteiger partial charge in [0.2, 0.25) is 0 Å². The fourth-order valence-corrected chi connectivity index (χ4v) is 2.29. The quantitative estimate of drug-likeness (QED) is 0.817. The van der Waals surface area contributed by atoms with E-state index in [1.54, 1.807) is 12.1 Å². The van der Waals surface area contributed by atoms with Crippen molar-refractivity contribution < 1.29 is 0 Å². The Balaban J connectivity index is 1.94. The van der Waals surface area contributed by atoms with Crippen molar-refractivity contribution in [1.29, 1.82) is 0 Å². The van der Waals surface area contributed by atoms with Gasteiger partial charge in [-0.1, -0.05) is 47.5 Å². The van der Waals surface area contributed by atoms with E-state index in [2.05, 4.69) is 10.6 Å². The van der Waals surface area contributed by atoms with Crippen LogP contribution in [0.3, 0.4) is 0 Å². The topological polar surface area (TPSA) is 24.1 Å². The van der Waals surface area contributed by atoms with Gasteiger partial charge in [-0.25, -0.2) is 0 Å². The third kappa shape index (κ3) is 4.10. The lowest BCUT2D eigenvalue weighted by molar-refractivity contribution is 0.926. The van der Waals surface area contributed by atoms with Crippen molar-refractivity contribution in [1.82, 2.24) is 5.32 Å². The van der Waals surface area contributed by atoms with Gasteiger partial charge in [0.15, 0.2) is 5.11 Å². The molecule has 0 fully saturated rings. The summed E-state index contributed by atoms with van der Waals surface area (Å²) in [4.78, 5) is 0. The monoisotopic (exact) mass is 310 g/mol. The first-order valence-corrected chi connectivity index (χ1v) is 6.86. The van der Waals surface area contributed by atoms with Gasteiger partial charge in [-0.3, -0.25) is 0 Å². The molecular formula is C14H12Cl2N2S. The van der Waals surface area contributed by atoms with Crippen molar-refractivity contribution in [3.63, 3.8) is 0 Å². The number of hydrogen-bond donors (Lipinski definition) is 2. The van der Waals surface area contributed by atoms with Gasteiger partial charge in [-0.2, -0.15) is 0 Å². The minimum absolute atomic E-state index is 0.483. The lowest BCUT2D eigenvalue weighted by atomic mass is 10.2. The van der Waals surface area contributed by atoms with Gasteiger partial charge >= 0.3 is 0 Å². The zero-order chi connectivity index (χ0) is 13.7. The van der Waals surface area contributed by atoms with E-state index in [-0.39, 0.29) is 0 Å². The summed E-state index contributed by atoms with van der Waals surface area (Å²) in [5.74, 6) is 0. The van der Waals surface area contributed by atoms with E-state index in [1.165, 1.54) is 0 Å². The number of benzene rings is 2. The number of nitrogens with one attached hydrogen (secondary N) is 2. The zero-order valence-electron chi connectivity index (χ0n) is 9.99. The predicted molar refractivity (Wildman–Crippen MR) is 86.0 cm³/mol. The molecule has 0 spiro atoms. The van der Waals surface area contributed by atoms with E-state index >= 15 is 0 Å². The lowest BCUT2D eigenvalue weighted by Crippen LogP contribution is -2.28. The molecule has 0 heterocycles. The Kier molecular flexibility index (Phi) is 5.02. The Morgan fingerprint density at radius 3 is 2.21 bits per heavy atom. The Morgan fingerprint density at radius 1 is 0.947 bits per heavy atom. The smallest absolute Gasteiger partial charge is 0.171 e. The van der Waals surface area contributed by atoms with Crippen LogP contribution >= 0.6 is 35.4 Å². The summed E-state index contributed by atoms with van der Waals surface area (Å²) in [6.45, 7) is 0.483. The van der Waals surface area contributed by atoms with Gasteiger partial charge in [-0.15, -0.1) is 0 Å². The molecule has 0 aliphatic rings. The summed E-state index contributed by atoms with van der Waals surface area (Å²) in [6, 6.07) is 15.1. The molecule has 98 valence electrons. The molecular weight excluding hydrogens is 299 g/mol. The maximum absolute atomic E-state index is 6.09. The minimum Gasteiger partial charge on any atom is -0.358 e. The summed E-state index contributed by atoms with van der Waals surface area (Å²) in [5, 5.41) is 7.95. The first kappa shape index (κ1) is 14.1. The summed E-state index contributed by atoms with van der Waals surface area (Å²) in [6.07, 6.45) is 0. The fourth-order valence-electron chi connectivity index (χ4n) is 1.57. The zero-order valence-corrected chi connectivity index (χ0v) is 12.3. The molecule has 0 unspecified atom stereocenters. The molecule has 0 atom stereocenters. The Morgan fingerprint density at radius 2 is 1.58 bits per heavy atom. The maximum Gasteiger partial charge on any atom is 0.171 e. The second-order valence-corrected chi connectivity index (χ2v) is 5.10. The molecule has 2 nitrogen and oxygen atoms in total. The molecule has 5 heteroatoms. The molecule has 2 rings (SSSR count). The van der Waals surface area contributed by atoms with E-state index < -0.39 is 0 Å². The van der Waals surface area contributed by atoms with Crippen molar-refractivity contribution in [2.24, 2.45) is 0 Å². The van der Waals surface area contributed by atoms with Crippen LogP contribution in [-0.4, -0.2) is 5.11 Å². The van der Waals surface area contributed by atoms with Crippen LogP contribution in [0.5, 0.6) is 0 Å². The van der Waals surface area contributed by atoms with Crippen molar-refractivity contribution in [3.8, 4) is 0 Å². The SMILES string of the molecule is S=C(NCc1c(Cl)cccc1Cl)Nc1ccccc1. The van der Waals surface area contributed by atoms with Crippen LogP contribution < -0.4 is 10.6 Å². The minimum atomic E-state index is 0.483. The highest BCUT2D eigenvalue weighted by atomic mass is 35.5. The van der Waals surface area contributed by atoms with Gasteiger partial charge in [0.25, 0.3) is 0 Å². The Labute approximate surface area is 127 Å². The largest absolute Gasteiger partial charge is 0.358 e. The summed E-state index contributed by atoms with van der Waals surface area (Å²) < 4.78 is 0. The first-order chi connectivity index (χ1) is 9.16. The van der Waals surface area contributed by atoms with Gasteiger partial charge in [-0.05, 0) is 36.5 Å². The lowest BCUT2D eigenvalue weighted by Gasteiger charge is -2.12. The summed E-state index contributed by atoms with van der Waals surface area (Å²) in [7, 11) is 0. The van der Waals surface area contributed by atoms with E-state index in [1.807, 2.05) is 36.4 Å². The normalized spacial score (nSPS) is 10.0. The highest BCUT2D eigenvalue weighted by molar-refractivity contribution is 7.80. The Hall–Kier alpha value is -1.29. The maximum atomic E-state index is 6.09. The molecule has 2 N–H and O–H groups in total.